The van der Waals surface area contributed by atoms with Crippen LogP contribution in [0.25, 0.3) is 0 Å². The minimum Gasteiger partial charge on any atom is -0.481 e. The topological polar surface area (TPSA) is 66.4 Å². The van der Waals surface area contributed by atoms with Crippen LogP contribution in [0, 0.1) is 5.82 Å². The Morgan fingerprint density at radius 1 is 1.05 bits per heavy atom. The molecule has 0 heterocycles. The zero-order chi connectivity index (χ0) is 14.8. The molecule has 0 unspecified atom stereocenters. The molecule has 0 saturated heterocycles. The first-order chi connectivity index (χ1) is 9.58. The van der Waals surface area contributed by atoms with Gasteiger partial charge in [0.05, 0.1) is 0 Å². The molecule has 0 spiro atoms. The number of hydrogen-bond acceptors (Lipinski definition) is 2. The van der Waals surface area contributed by atoms with E-state index in [1.54, 1.807) is 12.1 Å². The van der Waals surface area contributed by atoms with Gasteiger partial charge in [-0.1, -0.05) is 18.6 Å². The summed E-state index contributed by atoms with van der Waals surface area (Å²) in [5.74, 6) is -1.10. The van der Waals surface area contributed by atoms with Gasteiger partial charge < -0.3 is 10.4 Å². The van der Waals surface area contributed by atoms with E-state index in [4.69, 9.17) is 5.11 Å². The Bertz CT molecular complexity index is 431. The second kappa shape index (κ2) is 9.07. The maximum absolute atomic E-state index is 12.7. The van der Waals surface area contributed by atoms with E-state index >= 15 is 0 Å². The van der Waals surface area contributed by atoms with Crippen molar-refractivity contribution < 1.29 is 19.1 Å². The van der Waals surface area contributed by atoms with Crippen molar-refractivity contribution in [1.82, 2.24) is 5.32 Å². The highest BCUT2D eigenvalue weighted by molar-refractivity contribution is 5.76. The molecule has 110 valence electrons. The Hall–Kier alpha value is -1.91. The number of amides is 1. The zero-order valence-electron chi connectivity index (χ0n) is 11.4. The van der Waals surface area contributed by atoms with E-state index in [2.05, 4.69) is 5.32 Å². The van der Waals surface area contributed by atoms with Gasteiger partial charge in [0.1, 0.15) is 5.82 Å². The van der Waals surface area contributed by atoms with Gasteiger partial charge in [0, 0.05) is 19.4 Å². The van der Waals surface area contributed by atoms with Crippen LogP contribution in [0.3, 0.4) is 0 Å². The standard InChI is InChI=1S/C15H20FNO3/c16-13-8-5-12(6-9-13)7-10-14(18)17-11-3-1-2-4-15(19)20/h5-6,8-9H,1-4,7,10-11H2,(H,17,18)(H,19,20). The summed E-state index contributed by atoms with van der Waals surface area (Å²) in [6, 6.07) is 6.12. The van der Waals surface area contributed by atoms with Crippen molar-refractivity contribution in [2.24, 2.45) is 0 Å². The third kappa shape index (κ3) is 7.51. The molecule has 0 saturated carbocycles. The van der Waals surface area contributed by atoms with Crippen LogP contribution in [0.2, 0.25) is 0 Å². The number of unbranched alkanes of at least 4 members (excludes halogenated alkanes) is 2. The first-order valence-electron chi connectivity index (χ1n) is 6.81. The molecule has 0 aliphatic carbocycles. The van der Waals surface area contributed by atoms with Crippen LogP contribution in [-0.2, 0) is 16.0 Å². The van der Waals surface area contributed by atoms with E-state index in [-0.39, 0.29) is 18.1 Å². The molecule has 1 aromatic rings. The Balaban J connectivity index is 2.06. The van der Waals surface area contributed by atoms with Gasteiger partial charge in [-0.2, -0.15) is 0 Å². The summed E-state index contributed by atoms with van der Waals surface area (Å²) in [4.78, 5) is 21.8. The highest BCUT2D eigenvalue weighted by Gasteiger charge is 2.02. The molecule has 0 bridgehead atoms. The molecule has 1 aromatic carbocycles. The molecule has 1 amide bonds. The maximum Gasteiger partial charge on any atom is 0.303 e. The average molecular weight is 281 g/mol. The minimum atomic E-state index is -0.784. The number of aliphatic carboxylic acids is 1. The molecule has 20 heavy (non-hydrogen) atoms. The molecule has 4 nitrogen and oxygen atoms in total. The second-order valence-corrected chi connectivity index (χ2v) is 4.68. The Labute approximate surface area is 118 Å². The number of halogens is 1. The molecular formula is C15H20FNO3. The second-order valence-electron chi connectivity index (χ2n) is 4.68. The number of carbonyl (C=O) groups excluding carboxylic acids is 1. The minimum absolute atomic E-state index is 0.0347. The van der Waals surface area contributed by atoms with E-state index in [0.717, 1.165) is 18.4 Å². The Morgan fingerprint density at radius 2 is 1.75 bits per heavy atom. The summed E-state index contributed by atoms with van der Waals surface area (Å²) in [7, 11) is 0. The predicted molar refractivity (Wildman–Crippen MR) is 73.8 cm³/mol. The number of carboxylic acid groups (broad SMARTS) is 1. The zero-order valence-corrected chi connectivity index (χ0v) is 11.4. The largest absolute Gasteiger partial charge is 0.481 e. The highest BCUT2D eigenvalue weighted by atomic mass is 19.1. The summed E-state index contributed by atoms with van der Waals surface area (Å²) < 4.78 is 12.7. The van der Waals surface area contributed by atoms with Crippen LogP contribution in [0.1, 0.15) is 37.7 Å². The molecule has 0 aromatic heterocycles. The van der Waals surface area contributed by atoms with Gasteiger partial charge >= 0.3 is 5.97 Å². The number of carbonyl (C=O) groups is 2. The normalized spacial score (nSPS) is 10.2. The summed E-state index contributed by atoms with van der Waals surface area (Å²) in [5.41, 5.74) is 0.933. The van der Waals surface area contributed by atoms with Crippen LogP contribution in [0.4, 0.5) is 4.39 Å². The van der Waals surface area contributed by atoms with Crippen molar-refractivity contribution in [2.75, 3.05) is 6.54 Å². The fourth-order valence-electron chi connectivity index (χ4n) is 1.80. The van der Waals surface area contributed by atoms with E-state index in [1.807, 2.05) is 0 Å². The maximum atomic E-state index is 12.7. The fraction of sp³-hybridized carbons (Fsp3) is 0.467. The molecule has 1 rings (SSSR count). The molecular weight excluding hydrogens is 261 g/mol. The average Bonchev–Trinajstić information content (AvgIpc) is 2.41. The highest BCUT2D eigenvalue weighted by Crippen LogP contribution is 2.05. The summed E-state index contributed by atoms with van der Waals surface area (Å²) in [6.45, 7) is 0.571. The summed E-state index contributed by atoms with van der Waals surface area (Å²) in [6.07, 6.45) is 3.37. The lowest BCUT2D eigenvalue weighted by molar-refractivity contribution is -0.137. The van der Waals surface area contributed by atoms with Crippen LogP contribution in [0.15, 0.2) is 24.3 Å². The van der Waals surface area contributed by atoms with Crippen molar-refractivity contribution in [1.29, 1.82) is 0 Å². The third-order valence-corrected chi connectivity index (χ3v) is 2.94. The first-order valence-corrected chi connectivity index (χ1v) is 6.81. The fourth-order valence-corrected chi connectivity index (χ4v) is 1.80. The van der Waals surface area contributed by atoms with E-state index in [9.17, 15) is 14.0 Å². The quantitative estimate of drug-likeness (QED) is 0.683. The van der Waals surface area contributed by atoms with Gasteiger partial charge in [0.25, 0.3) is 0 Å². The summed E-state index contributed by atoms with van der Waals surface area (Å²) in [5, 5.41) is 11.3. The molecule has 0 fully saturated rings. The monoisotopic (exact) mass is 281 g/mol. The molecule has 0 aliphatic heterocycles. The third-order valence-electron chi connectivity index (χ3n) is 2.94. The lowest BCUT2D eigenvalue weighted by Gasteiger charge is -2.05. The van der Waals surface area contributed by atoms with Crippen molar-refractivity contribution in [3.63, 3.8) is 0 Å². The van der Waals surface area contributed by atoms with Gasteiger partial charge in [-0.3, -0.25) is 9.59 Å². The van der Waals surface area contributed by atoms with Crippen LogP contribution >= 0.6 is 0 Å². The van der Waals surface area contributed by atoms with Crippen LogP contribution < -0.4 is 5.32 Å². The van der Waals surface area contributed by atoms with E-state index in [1.165, 1.54) is 12.1 Å². The number of benzene rings is 1. The van der Waals surface area contributed by atoms with Crippen LogP contribution in [0.5, 0.6) is 0 Å². The van der Waals surface area contributed by atoms with Crippen molar-refractivity contribution in [3.8, 4) is 0 Å². The van der Waals surface area contributed by atoms with Crippen molar-refractivity contribution in [3.05, 3.63) is 35.6 Å². The first kappa shape index (κ1) is 16.1. The lowest BCUT2D eigenvalue weighted by Crippen LogP contribution is -2.24. The number of hydrogen-bond donors (Lipinski definition) is 2. The van der Waals surface area contributed by atoms with Gasteiger partial charge in [-0.15, -0.1) is 0 Å². The smallest absolute Gasteiger partial charge is 0.303 e. The predicted octanol–water partition coefficient (Wildman–Crippen LogP) is 2.52. The lowest BCUT2D eigenvalue weighted by atomic mass is 10.1. The molecule has 0 radical (unpaired) electrons. The van der Waals surface area contributed by atoms with E-state index in [0.29, 0.717) is 25.8 Å². The Morgan fingerprint density at radius 3 is 2.40 bits per heavy atom. The number of aryl methyl sites for hydroxylation is 1. The number of rotatable bonds is 9. The molecule has 0 atom stereocenters. The number of nitrogens with one attached hydrogen (secondary N) is 1. The summed E-state index contributed by atoms with van der Waals surface area (Å²) >= 11 is 0. The van der Waals surface area contributed by atoms with Crippen LogP contribution in [-0.4, -0.2) is 23.5 Å². The van der Waals surface area contributed by atoms with Gasteiger partial charge in [0.2, 0.25) is 5.91 Å². The van der Waals surface area contributed by atoms with Gasteiger partial charge in [-0.05, 0) is 37.0 Å². The Kier molecular flexibility index (Phi) is 7.32. The van der Waals surface area contributed by atoms with Crippen molar-refractivity contribution in [2.45, 2.75) is 38.5 Å². The number of carboxylic acids is 1. The van der Waals surface area contributed by atoms with E-state index < -0.39 is 5.97 Å². The molecule has 0 aliphatic rings. The van der Waals surface area contributed by atoms with Gasteiger partial charge in [0.15, 0.2) is 0 Å². The van der Waals surface area contributed by atoms with Gasteiger partial charge in [-0.25, -0.2) is 4.39 Å². The molecule has 5 heteroatoms. The molecule has 2 N–H and O–H groups in total. The van der Waals surface area contributed by atoms with Crippen molar-refractivity contribution >= 4 is 11.9 Å². The SMILES string of the molecule is O=C(O)CCCCCNC(=O)CCc1ccc(F)cc1.